The van der Waals surface area contributed by atoms with Crippen LogP contribution in [0.5, 0.6) is 0 Å². The van der Waals surface area contributed by atoms with Gasteiger partial charge < -0.3 is 14.2 Å². The predicted molar refractivity (Wildman–Crippen MR) is 71.7 cm³/mol. The molecule has 1 aliphatic rings. The van der Waals surface area contributed by atoms with Gasteiger partial charge in [-0.05, 0) is 33.2 Å². The predicted octanol–water partition coefficient (Wildman–Crippen LogP) is 2.22. The summed E-state index contributed by atoms with van der Waals surface area (Å²) in [5.74, 6) is 0. The van der Waals surface area contributed by atoms with Crippen LogP contribution in [0.1, 0.15) is 26.7 Å². The highest BCUT2D eigenvalue weighted by Crippen LogP contribution is 2.55. The van der Waals surface area contributed by atoms with Crippen LogP contribution in [0.15, 0.2) is 11.9 Å². The summed E-state index contributed by atoms with van der Waals surface area (Å²) >= 11 is 0. The molecule has 18 heavy (non-hydrogen) atoms. The normalized spacial score (nSPS) is 21.4. The van der Waals surface area contributed by atoms with Gasteiger partial charge in [0.05, 0.1) is 19.8 Å². The molecule has 0 saturated carbocycles. The maximum Gasteiger partial charge on any atom is 0.358 e. The number of rotatable bonds is 8. The quantitative estimate of drug-likeness (QED) is 0.689. The molecular formula is C12H24NO4P. The van der Waals surface area contributed by atoms with Gasteiger partial charge in [-0.1, -0.05) is 6.58 Å². The number of aliphatic hydroxyl groups excluding tert-OH is 1. The molecular weight excluding hydrogens is 253 g/mol. The first kappa shape index (κ1) is 15.9. The van der Waals surface area contributed by atoms with Gasteiger partial charge in [0, 0.05) is 17.9 Å². The second-order valence-corrected chi connectivity index (χ2v) is 6.49. The Bertz CT molecular complexity index is 311. The van der Waals surface area contributed by atoms with Gasteiger partial charge in [-0.25, -0.2) is 0 Å². The molecule has 0 aliphatic carbocycles. The summed E-state index contributed by atoms with van der Waals surface area (Å²) in [6.45, 7) is 9.57. The van der Waals surface area contributed by atoms with Gasteiger partial charge in [0.15, 0.2) is 0 Å². The lowest BCUT2D eigenvalue weighted by Crippen LogP contribution is -2.33. The van der Waals surface area contributed by atoms with Crippen LogP contribution in [0.2, 0.25) is 0 Å². The Morgan fingerprint density at radius 1 is 1.44 bits per heavy atom. The maximum atomic E-state index is 12.5. The van der Waals surface area contributed by atoms with Gasteiger partial charge in [-0.2, -0.15) is 0 Å². The van der Waals surface area contributed by atoms with Crippen LogP contribution < -0.4 is 0 Å². The van der Waals surface area contributed by atoms with E-state index in [4.69, 9.17) is 9.05 Å². The van der Waals surface area contributed by atoms with Crippen LogP contribution in [0, 0.1) is 0 Å². The van der Waals surface area contributed by atoms with Crippen molar-refractivity contribution in [1.29, 1.82) is 0 Å². The molecule has 1 fully saturated rings. The van der Waals surface area contributed by atoms with Crippen molar-refractivity contribution in [2.24, 2.45) is 0 Å². The summed E-state index contributed by atoms with van der Waals surface area (Å²) in [5.41, 5.74) is 0. The van der Waals surface area contributed by atoms with Gasteiger partial charge in [0.1, 0.15) is 0 Å². The standard InChI is InChI=1S/C12H24NO4P/c1-4-16-18(15,17-5-2)11(3)9-13-8-6-7-12(13)10-14/h12,14H,3-10H2,1-2H3/t12-/m0/s1. The summed E-state index contributed by atoms with van der Waals surface area (Å²) < 4.78 is 23.0. The van der Waals surface area contributed by atoms with Gasteiger partial charge in [-0.15, -0.1) is 0 Å². The number of hydrogen-bond acceptors (Lipinski definition) is 5. The van der Waals surface area contributed by atoms with Gasteiger partial charge in [0.2, 0.25) is 0 Å². The fourth-order valence-electron chi connectivity index (χ4n) is 2.19. The van der Waals surface area contributed by atoms with E-state index in [2.05, 4.69) is 11.5 Å². The summed E-state index contributed by atoms with van der Waals surface area (Å²) in [6, 6.07) is 0.137. The highest BCUT2D eigenvalue weighted by molar-refractivity contribution is 7.58. The van der Waals surface area contributed by atoms with Crippen LogP contribution in [-0.2, 0) is 13.6 Å². The third kappa shape index (κ3) is 3.90. The van der Waals surface area contributed by atoms with E-state index in [1.807, 2.05) is 0 Å². The molecule has 106 valence electrons. The first-order chi connectivity index (χ1) is 8.57. The molecule has 0 radical (unpaired) electrons. The Kier molecular flexibility index (Phi) is 6.53. The molecule has 0 bridgehead atoms. The van der Waals surface area contributed by atoms with E-state index in [-0.39, 0.29) is 12.6 Å². The van der Waals surface area contributed by atoms with E-state index in [1.165, 1.54) is 0 Å². The van der Waals surface area contributed by atoms with E-state index in [1.54, 1.807) is 13.8 Å². The van der Waals surface area contributed by atoms with Crippen LogP contribution in [-0.4, -0.2) is 49.0 Å². The van der Waals surface area contributed by atoms with E-state index in [0.29, 0.717) is 25.1 Å². The van der Waals surface area contributed by atoms with Crippen molar-refractivity contribution in [2.45, 2.75) is 32.7 Å². The minimum absolute atomic E-state index is 0.126. The highest BCUT2D eigenvalue weighted by atomic mass is 31.2. The third-order valence-electron chi connectivity index (χ3n) is 3.08. The lowest BCUT2D eigenvalue weighted by atomic mass is 10.2. The number of hydrogen-bond donors (Lipinski definition) is 1. The molecule has 1 saturated heterocycles. The number of nitrogens with zero attached hydrogens (tertiary/aromatic N) is 1. The highest BCUT2D eigenvalue weighted by Gasteiger charge is 2.32. The van der Waals surface area contributed by atoms with Crippen LogP contribution in [0.25, 0.3) is 0 Å². The molecule has 1 rings (SSSR count). The van der Waals surface area contributed by atoms with Crippen LogP contribution in [0.4, 0.5) is 0 Å². The van der Waals surface area contributed by atoms with Crippen molar-refractivity contribution in [2.75, 3.05) is 32.9 Å². The molecule has 1 heterocycles. The maximum absolute atomic E-state index is 12.5. The average molecular weight is 277 g/mol. The summed E-state index contributed by atoms with van der Waals surface area (Å²) in [7, 11) is -3.22. The Labute approximate surface area is 109 Å². The van der Waals surface area contributed by atoms with Crippen molar-refractivity contribution in [3.63, 3.8) is 0 Å². The zero-order valence-corrected chi connectivity index (χ0v) is 12.2. The lowest BCUT2D eigenvalue weighted by molar-refractivity contribution is 0.165. The Hall–Kier alpha value is -0.190. The largest absolute Gasteiger partial charge is 0.395 e. The fraction of sp³-hybridized carbons (Fsp3) is 0.833. The molecule has 1 N–H and O–H groups in total. The topological polar surface area (TPSA) is 59.0 Å². The van der Waals surface area contributed by atoms with Crippen molar-refractivity contribution in [3.8, 4) is 0 Å². The van der Waals surface area contributed by atoms with E-state index >= 15 is 0 Å². The molecule has 1 aliphatic heterocycles. The SMILES string of the molecule is C=C(CN1CCC[C@H]1CO)P(=O)(OCC)OCC. The third-order valence-corrected chi connectivity index (χ3v) is 5.19. The lowest BCUT2D eigenvalue weighted by Gasteiger charge is -2.26. The van der Waals surface area contributed by atoms with Crippen molar-refractivity contribution < 1.29 is 18.7 Å². The van der Waals surface area contributed by atoms with Gasteiger partial charge in [-0.3, -0.25) is 9.46 Å². The minimum Gasteiger partial charge on any atom is -0.395 e. The summed E-state index contributed by atoms with van der Waals surface area (Å²) in [6.07, 6.45) is 2.02. The van der Waals surface area contributed by atoms with Crippen molar-refractivity contribution in [1.82, 2.24) is 4.90 Å². The zero-order valence-electron chi connectivity index (χ0n) is 11.3. The Morgan fingerprint density at radius 3 is 2.56 bits per heavy atom. The summed E-state index contributed by atoms with van der Waals surface area (Å²) in [4.78, 5) is 2.09. The second kappa shape index (κ2) is 7.41. The van der Waals surface area contributed by atoms with Crippen LogP contribution in [0.3, 0.4) is 0 Å². The van der Waals surface area contributed by atoms with Gasteiger partial charge in [0.25, 0.3) is 0 Å². The summed E-state index contributed by atoms with van der Waals surface area (Å²) in [5, 5.41) is 9.73. The number of likely N-dealkylation sites (tertiary alicyclic amines) is 1. The minimum atomic E-state index is -3.22. The van der Waals surface area contributed by atoms with E-state index < -0.39 is 7.60 Å². The van der Waals surface area contributed by atoms with E-state index in [9.17, 15) is 9.67 Å². The molecule has 6 heteroatoms. The fourth-order valence-corrected chi connectivity index (χ4v) is 3.67. The molecule has 1 atom stereocenters. The molecule has 0 spiro atoms. The van der Waals surface area contributed by atoms with Gasteiger partial charge >= 0.3 is 7.60 Å². The first-order valence-corrected chi connectivity index (χ1v) is 8.04. The van der Waals surface area contributed by atoms with Crippen molar-refractivity contribution >= 4 is 7.60 Å². The average Bonchev–Trinajstić information content (AvgIpc) is 2.77. The molecule has 0 aromatic carbocycles. The molecule has 0 unspecified atom stereocenters. The molecule has 5 nitrogen and oxygen atoms in total. The molecule has 0 aromatic rings. The van der Waals surface area contributed by atoms with Crippen molar-refractivity contribution in [3.05, 3.63) is 11.9 Å². The molecule has 0 amide bonds. The molecule has 0 aromatic heterocycles. The van der Waals surface area contributed by atoms with Crippen LogP contribution >= 0.6 is 7.60 Å². The Balaban J connectivity index is 2.64. The Morgan fingerprint density at radius 2 is 2.06 bits per heavy atom. The number of aliphatic hydroxyl groups is 1. The smallest absolute Gasteiger partial charge is 0.358 e. The monoisotopic (exact) mass is 277 g/mol. The van der Waals surface area contributed by atoms with E-state index in [0.717, 1.165) is 19.4 Å². The first-order valence-electron chi connectivity index (χ1n) is 6.49. The zero-order chi connectivity index (χ0) is 13.6. The second-order valence-electron chi connectivity index (χ2n) is 4.35.